The van der Waals surface area contributed by atoms with Crippen molar-refractivity contribution in [2.24, 2.45) is 0 Å². The standard InChI is InChI=1S/C26H22N2O2/c1-2-18-5-3-4-6-24(18)30-16-17-13-21-10-12-29-25(21)22(14-17)20-8-7-19-9-11-28-26(27)23(19)15-20/h3-15H,2,16H2,1H3,(H2,27,28). The number of rotatable bonds is 5. The molecule has 30 heavy (non-hydrogen) atoms. The molecule has 0 saturated heterocycles. The molecule has 148 valence electrons. The van der Waals surface area contributed by atoms with Gasteiger partial charge in [0.15, 0.2) is 0 Å². The second-order valence-electron chi connectivity index (χ2n) is 7.36. The third-order valence-corrected chi connectivity index (χ3v) is 5.47. The molecule has 0 atom stereocenters. The average molecular weight is 394 g/mol. The number of ether oxygens (including phenoxy) is 1. The first-order chi connectivity index (χ1) is 14.7. The fourth-order valence-electron chi connectivity index (χ4n) is 3.90. The van der Waals surface area contributed by atoms with Crippen LogP contribution in [0.1, 0.15) is 18.1 Å². The van der Waals surface area contributed by atoms with E-state index in [2.05, 4.69) is 48.3 Å². The zero-order valence-electron chi connectivity index (χ0n) is 16.8. The van der Waals surface area contributed by atoms with Crippen LogP contribution in [0.2, 0.25) is 0 Å². The van der Waals surface area contributed by atoms with Crippen LogP contribution in [0.15, 0.2) is 83.6 Å². The Hall–Kier alpha value is -3.79. The molecule has 2 heterocycles. The molecular formula is C26H22N2O2. The molecule has 4 heteroatoms. The number of nitrogens with zero attached hydrogens (tertiary/aromatic N) is 1. The van der Waals surface area contributed by atoms with Gasteiger partial charge in [-0.15, -0.1) is 0 Å². The molecule has 0 aliphatic heterocycles. The number of hydrogen-bond acceptors (Lipinski definition) is 4. The molecule has 0 aliphatic carbocycles. The minimum absolute atomic E-state index is 0.489. The molecule has 3 aromatic carbocycles. The van der Waals surface area contributed by atoms with Gasteiger partial charge in [-0.2, -0.15) is 0 Å². The molecule has 2 N–H and O–H groups in total. The summed E-state index contributed by atoms with van der Waals surface area (Å²) in [4.78, 5) is 4.23. The van der Waals surface area contributed by atoms with E-state index in [4.69, 9.17) is 14.9 Å². The average Bonchev–Trinajstić information content (AvgIpc) is 3.26. The Kier molecular flexibility index (Phi) is 4.60. The highest BCUT2D eigenvalue weighted by molar-refractivity contribution is 5.98. The molecule has 0 spiro atoms. The van der Waals surface area contributed by atoms with Gasteiger partial charge in [-0.1, -0.05) is 37.3 Å². The van der Waals surface area contributed by atoms with Crippen molar-refractivity contribution in [3.05, 3.63) is 90.3 Å². The van der Waals surface area contributed by atoms with Crippen molar-refractivity contribution in [1.29, 1.82) is 0 Å². The maximum atomic E-state index is 6.16. The number of para-hydroxylation sites is 1. The smallest absolute Gasteiger partial charge is 0.141 e. The lowest BCUT2D eigenvalue weighted by molar-refractivity contribution is 0.303. The Morgan fingerprint density at radius 1 is 0.967 bits per heavy atom. The van der Waals surface area contributed by atoms with Gasteiger partial charge >= 0.3 is 0 Å². The molecule has 0 saturated carbocycles. The largest absolute Gasteiger partial charge is 0.489 e. The number of hydrogen-bond donors (Lipinski definition) is 1. The summed E-state index contributed by atoms with van der Waals surface area (Å²) in [6.45, 7) is 2.63. The number of furan rings is 1. The Bertz CT molecular complexity index is 1350. The topological polar surface area (TPSA) is 61.3 Å². The van der Waals surface area contributed by atoms with E-state index in [1.807, 2.05) is 30.3 Å². The number of anilines is 1. The molecule has 4 nitrogen and oxygen atoms in total. The SMILES string of the molecule is CCc1ccccc1OCc1cc(-c2ccc3ccnc(N)c3c2)c2occc2c1. The van der Waals surface area contributed by atoms with E-state index in [1.54, 1.807) is 12.5 Å². The van der Waals surface area contributed by atoms with Crippen LogP contribution in [0.5, 0.6) is 5.75 Å². The van der Waals surface area contributed by atoms with Gasteiger partial charge in [-0.05, 0) is 64.9 Å². The van der Waals surface area contributed by atoms with Gasteiger partial charge in [-0.3, -0.25) is 0 Å². The van der Waals surface area contributed by atoms with Crippen LogP contribution in [0, 0.1) is 0 Å². The van der Waals surface area contributed by atoms with E-state index >= 15 is 0 Å². The Balaban J connectivity index is 1.56. The monoisotopic (exact) mass is 394 g/mol. The van der Waals surface area contributed by atoms with E-state index < -0.39 is 0 Å². The van der Waals surface area contributed by atoms with Gasteiger partial charge in [0.1, 0.15) is 23.8 Å². The maximum absolute atomic E-state index is 6.16. The van der Waals surface area contributed by atoms with Crippen molar-refractivity contribution in [2.75, 3.05) is 5.73 Å². The summed E-state index contributed by atoms with van der Waals surface area (Å²) in [5.41, 5.74) is 11.3. The summed E-state index contributed by atoms with van der Waals surface area (Å²) >= 11 is 0. The van der Waals surface area contributed by atoms with Crippen LogP contribution >= 0.6 is 0 Å². The first kappa shape index (κ1) is 18.3. The van der Waals surface area contributed by atoms with Crippen molar-refractivity contribution in [3.8, 4) is 16.9 Å². The van der Waals surface area contributed by atoms with Crippen molar-refractivity contribution >= 4 is 27.6 Å². The predicted octanol–water partition coefficient (Wildman–Crippen LogP) is 6.37. The van der Waals surface area contributed by atoms with E-state index in [1.165, 1.54) is 5.56 Å². The van der Waals surface area contributed by atoms with E-state index in [-0.39, 0.29) is 0 Å². The van der Waals surface area contributed by atoms with Gasteiger partial charge < -0.3 is 14.9 Å². The number of aryl methyl sites for hydroxylation is 1. The molecule has 0 bridgehead atoms. The lowest BCUT2D eigenvalue weighted by atomic mass is 9.98. The van der Waals surface area contributed by atoms with E-state index in [0.717, 1.165) is 50.6 Å². The van der Waals surface area contributed by atoms with Gasteiger partial charge in [0, 0.05) is 22.5 Å². The van der Waals surface area contributed by atoms with E-state index in [9.17, 15) is 0 Å². The Morgan fingerprint density at radius 3 is 2.77 bits per heavy atom. The summed E-state index contributed by atoms with van der Waals surface area (Å²) in [6, 6.07) is 22.6. The molecule has 0 amide bonds. The molecule has 0 aliphatic rings. The third kappa shape index (κ3) is 3.26. The van der Waals surface area contributed by atoms with Crippen LogP contribution in [-0.2, 0) is 13.0 Å². The number of pyridine rings is 1. The quantitative estimate of drug-likeness (QED) is 0.376. The molecular weight excluding hydrogens is 372 g/mol. The Morgan fingerprint density at radius 2 is 1.87 bits per heavy atom. The summed E-state index contributed by atoms with van der Waals surface area (Å²) in [5.74, 6) is 1.46. The molecule has 0 radical (unpaired) electrons. The van der Waals surface area contributed by atoms with E-state index in [0.29, 0.717) is 12.4 Å². The first-order valence-corrected chi connectivity index (χ1v) is 10.1. The maximum Gasteiger partial charge on any atom is 0.141 e. The zero-order chi connectivity index (χ0) is 20.5. The highest BCUT2D eigenvalue weighted by Gasteiger charge is 2.12. The van der Waals surface area contributed by atoms with Crippen LogP contribution in [-0.4, -0.2) is 4.98 Å². The minimum Gasteiger partial charge on any atom is -0.489 e. The lowest BCUT2D eigenvalue weighted by Crippen LogP contribution is -1.98. The van der Waals surface area contributed by atoms with Crippen LogP contribution in [0.3, 0.4) is 0 Å². The van der Waals surface area contributed by atoms with Gasteiger partial charge in [0.2, 0.25) is 0 Å². The summed E-state index contributed by atoms with van der Waals surface area (Å²) in [7, 11) is 0. The number of benzene rings is 3. The normalized spacial score (nSPS) is 11.2. The summed E-state index contributed by atoms with van der Waals surface area (Å²) in [6.07, 6.45) is 4.39. The van der Waals surface area contributed by atoms with Gasteiger partial charge in [0.25, 0.3) is 0 Å². The van der Waals surface area contributed by atoms with Gasteiger partial charge in [-0.25, -0.2) is 4.98 Å². The van der Waals surface area contributed by atoms with Crippen LogP contribution in [0.4, 0.5) is 5.82 Å². The van der Waals surface area contributed by atoms with Crippen molar-refractivity contribution < 1.29 is 9.15 Å². The van der Waals surface area contributed by atoms with Gasteiger partial charge in [0.05, 0.1) is 6.26 Å². The molecule has 5 aromatic rings. The number of nitrogen functional groups attached to an aromatic ring is 1. The second-order valence-corrected chi connectivity index (χ2v) is 7.36. The number of fused-ring (bicyclic) bond motifs is 2. The highest BCUT2D eigenvalue weighted by atomic mass is 16.5. The van der Waals surface area contributed by atoms with Crippen molar-refractivity contribution in [2.45, 2.75) is 20.0 Å². The number of aromatic nitrogens is 1. The first-order valence-electron chi connectivity index (χ1n) is 10.1. The fraction of sp³-hybridized carbons (Fsp3) is 0.115. The molecule has 5 rings (SSSR count). The Labute approximate surface area is 174 Å². The predicted molar refractivity (Wildman–Crippen MR) is 122 cm³/mol. The molecule has 0 fully saturated rings. The molecule has 2 aromatic heterocycles. The molecule has 0 unspecified atom stereocenters. The summed E-state index contributed by atoms with van der Waals surface area (Å²) < 4.78 is 12.0. The van der Waals surface area contributed by atoms with Crippen LogP contribution < -0.4 is 10.5 Å². The lowest BCUT2D eigenvalue weighted by Gasteiger charge is -2.12. The number of nitrogens with two attached hydrogens (primary N) is 1. The van der Waals surface area contributed by atoms with Crippen LogP contribution in [0.25, 0.3) is 32.9 Å². The second kappa shape index (κ2) is 7.56. The highest BCUT2D eigenvalue weighted by Crippen LogP contribution is 2.34. The van der Waals surface area contributed by atoms with Crippen molar-refractivity contribution in [1.82, 2.24) is 4.98 Å². The fourth-order valence-corrected chi connectivity index (χ4v) is 3.90. The van der Waals surface area contributed by atoms with Crippen molar-refractivity contribution in [3.63, 3.8) is 0 Å². The minimum atomic E-state index is 0.489. The summed E-state index contributed by atoms with van der Waals surface area (Å²) in [5, 5.41) is 3.06. The zero-order valence-corrected chi connectivity index (χ0v) is 16.8. The third-order valence-electron chi connectivity index (χ3n) is 5.47.